The molecule has 1 aromatic rings. The van der Waals surface area contributed by atoms with E-state index >= 15 is 0 Å². The molecule has 5 nitrogen and oxygen atoms in total. The second-order valence-corrected chi connectivity index (χ2v) is 3.21. The zero-order chi connectivity index (χ0) is 12.8. The number of pyridine rings is 1. The number of aromatic nitrogens is 1. The summed E-state index contributed by atoms with van der Waals surface area (Å²) in [5.74, 6) is -2.16. The van der Waals surface area contributed by atoms with Gasteiger partial charge in [-0.25, -0.2) is 13.8 Å². The number of nitrogens with one attached hydrogen (secondary N) is 3. The van der Waals surface area contributed by atoms with Gasteiger partial charge in [0.05, 0.1) is 6.54 Å². The van der Waals surface area contributed by atoms with Crippen molar-refractivity contribution < 1.29 is 13.6 Å². The summed E-state index contributed by atoms with van der Waals surface area (Å²) in [6.45, 7) is 2.14. The lowest BCUT2D eigenvalue weighted by molar-refractivity contribution is -0.119. The van der Waals surface area contributed by atoms with E-state index in [4.69, 9.17) is 0 Å². The van der Waals surface area contributed by atoms with Crippen molar-refractivity contribution in [1.82, 2.24) is 10.3 Å². The molecule has 1 aromatic heterocycles. The third-order valence-electron chi connectivity index (χ3n) is 1.96. The maximum atomic E-state index is 13.3. The number of anilines is 2. The highest BCUT2D eigenvalue weighted by atomic mass is 19.1. The highest BCUT2D eigenvalue weighted by molar-refractivity contribution is 5.80. The maximum absolute atomic E-state index is 13.3. The van der Waals surface area contributed by atoms with Crippen molar-refractivity contribution in [2.24, 2.45) is 0 Å². The molecule has 0 saturated heterocycles. The van der Waals surface area contributed by atoms with Crippen LogP contribution in [0.3, 0.4) is 0 Å². The summed E-state index contributed by atoms with van der Waals surface area (Å²) in [6.07, 6.45) is 0. The summed E-state index contributed by atoms with van der Waals surface area (Å²) in [5, 5.41) is 7.51. The van der Waals surface area contributed by atoms with Gasteiger partial charge in [-0.1, -0.05) is 0 Å². The van der Waals surface area contributed by atoms with Crippen molar-refractivity contribution >= 4 is 17.5 Å². The minimum Gasteiger partial charge on any atom is -0.371 e. The van der Waals surface area contributed by atoms with E-state index in [1.807, 2.05) is 0 Å². The van der Waals surface area contributed by atoms with Gasteiger partial charge in [0.1, 0.15) is 0 Å². The van der Waals surface area contributed by atoms with Crippen LogP contribution in [0.2, 0.25) is 0 Å². The second kappa shape index (κ2) is 5.97. The summed E-state index contributed by atoms with van der Waals surface area (Å²) < 4.78 is 26.4. The van der Waals surface area contributed by atoms with Gasteiger partial charge in [0.2, 0.25) is 5.91 Å². The Hall–Kier alpha value is -1.92. The molecule has 0 atom stereocenters. The molecule has 0 fully saturated rings. The summed E-state index contributed by atoms with van der Waals surface area (Å²) in [7, 11) is 1.47. The molecule has 0 aromatic carbocycles. The molecule has 0 radical (unpaired) electrons. The van der Waals surface area contributed by atoms with E-state index < -0.39 is 11.6 Å². The summed E-state index contributed by atoms with van der Waals surface area (Å²) in [6, 6.07) is 0.707. The molecule has 0 bridgehead atoms. The number of amides is 1. The number of carbonyl (C=O) groups is 1. The van der Waals surface area contributed by atoms with Crippen molar-refractivity contribution in [3.8, 4) is 0 Å². The monoisotopic (exact) mass is 244 g/mol. The zero-order valence-corrected chi connectivity index (χ0v) is 9.60. The molecule has 0 saturated carbocycles. The molecule has 0 unspecified atom stereocenters. The first-order valence-corrected chi connectivity index (χ1v) is 5.12. The number of hydrogen-bond acceptors (Lipinski definition) is 4. The average Bonchev–Trinajstić information content (AvgIpc) is 2.28. The Morgan fingerprint density at radius 1 is 1.35 bits per heavy atom. The first kappa shape index (κ1) is 13.1. The van der Waals surface area contributed by atoms with Crippen LogP contribution in [-0.2, 0) is 4.79 Å². The lowest BCUT2D eigenvalue weighted by Gasteiger charge is -2.09. The maximum Gasteiger partial charge on any atom is 0.239 e. The van der Waals surface area contributed by atoms with Gasteiger partial charge in [-0.05, 0) is 6.92 Å². The topological polar surface area (TPSA) is 66.0 Å². The quantitative estimate of drug-likeness (QED) is 0.721. The van der Waals surface area contributed by atoms with E-state index in [1.165, 1.54) is 7.05 Å². The van der Waals surface area contributed by atoms with E-state index in [1.54, 1.807) is 6.92 Å². The number of hydrogen-bond donors (Lipinski definition) is 3. The molecule has 7 heteroatoms. The smallest absolute Gasteiger partial charge is 0.239 e. The lowest BCUT2D eigenvalue weighted by atomic mass is 10.4. The van der Waals surface area contributed by atoms with Crippen LogP contribution in [-0.4, -0.2) is 31.0 Å². The van der Waals surface area contributed by atoms with E-state index in [9.17, 15) is 13.6 Å². The average molecular weight is 244 g/mol. The molecule has 94 valence electrons. The molecule has 0 aliphatic carbocycles. The van der Waals surface area contributed by atoms with Gasteiger partial charge in [-0.15, -0.1) is 0 Å². The number of nitrogens with zero attached hydrogens (tertiary/aromatic N) is 1. The first-order valence-electron chi connectivity index (χ1n) is 5.12. The fourth-order valence-electron chi connectivity index (χ4n) is 1.19. The van der Waals surface area contributed by atoms with E-state index in [-0.39, 0.29) is 24.1 Å². The Labute approximate surface area is 97.6 Å². The minimum absolute atomic E-state index is 0.0789. The second-order valence-electron chi connectivity index (χ2n) is 3.21. The van der Waals surface area contributed by atoms with Gasteiger partial charge >= 0.3 is 0 Å². The predicted molar refractivity (Wildman–Crippen MR) is 60.9 cm³/mol. The standard InChI is InChI=1S/C10H14F2N4O/c1-3-14-8(17)5-15-10-7(12)4-6(11)9(13-2)16-10/h4H,3,5H2,1-2H3,(H,14,17)(H2,13,15,16). The minimum atomic E-state index is -0.842. The summed E-state index contributed by atoms with van der Waals surface area (Å²) in [4.78, 5) is 14.8. The molecule has 17 heavy (non-hydrogen) atoms. The van der Waals surface area contributed by atoms with Gasteiger partial charge in [-0.3, -0.25) is 4.79 Å². The Morgan fingerprint density at radius 2 is 2.00 bits per heavy atom. The van der Waals surface area contributed by atoms with Crippen LogP contribution in [0.25, 0.3) is 0 Å². The Bertz CT molecular complexity index is 412. The molecular weight excluding hydrogens is 230 g/mol. The SMILES string of the molecule is CCNC(=O)CNc1nc(NC)c(F)cc1F. The van der Waals surface area contributed by atoms with Crippen LogP contribution in [0, 0.1) is 11.6 Å². The van der Waals surface area contributed by atoms with Crippen LogP contribution in [0.4, 0.5) is 20.4 Å². The molecule has 3 N–H and O–H groups in total. The van der Waals surface area contributed by atoms with Gasteiger partial charge < -0.3 is 16.0 Å². The van der Waals surface area contributed by atoms with E-state index in [0.717, 1.165) is 0 Å². The largest absolute Gasteiger partial charge is 0.371 e. The molecule has 0 aliphatic heterocycles. The molecular formula is C10H14F2N4O. The van der Waals surface area contributed by atoms with Crippen molar-refractivity contribution in [3.05, 3.63) is 17.7 Å². The van der Waals surface area contributed by atoms with Crippen LogP contribution >= 0.6 is 0 Å². The lowest BCUT2D eigenvalue weighted by Crippen LogP contribution is -2.29. The molecule has 0 spiro atoms. The highest BCUT2D eigenvalue weighted by Gasteiger charge is 2.11. The van der Waals surface area contributed by atoms with Crippen molar-refractivity contribution in [2.75, 3.05) is 30.8 Å². The van der Waals surface area contributed by atoms with Gasteiger partial charge in [0.15, 0.2) is 23.3 Å². The summed E-state index contributed by atoms with van der Waals surface area (Å²) >= 11 is 0. The Kier molecular flexibility index (Phi) is 4.62. The molecule has 0 aliphatic rings. The summed E-state index contributed by atoms with van der Waals surface area (Å²) in [5.41, 5.74) is 0. The van der Waals surface area contributed by atoms with Crippen molar-refractivity contribution in [1.29, 1.82) is 0 Å². The number of likely N-dealkylation sites (N-methyl/N-ethyl adjacent to an activating group) is 1. The third kappa shape index (κ3) is 3.54. The fraction of sp³-hybridized carbons (Fsp3) is 0.400. The van der Waals surface area contributed by atoms with Gasteiger partial charge in [0.25, 0.3) is 0 Å². The van der Waals surface area contributed by atoms with E-state index in [2.05, 4.69) is 20.9 Å². The Balaban J connectivity index is 2.74. The van der Waals surface area contributed by atoms with Crippen LogP contribution in [0.15, 0.2) is 6.07 Å². The number of rotatable bonds is 5. The van der Waals surface area contributed by atoms with Crippen LogP contribution < -0.4 is 16.0 Å². The Morgan fingerprint density at radius 3 is 2.59 bits per heavy atom. The van der Waals surface area contributed by atoms with Gasteiger partial charge in [0, 0.05) is 19.7 Å². The predicted octanol–water partition coefficient (Wildman–Crippen LogP) is 0.949. The highest BCUT2D eigenvalue weighted by Crippen LogP contribution is 2.18. The van der Waals surface area contributed by atoms with Crippen LogP contribution in [0.5, 0.6) is 0 Å². The van der Waals surface area contributed by atoms with Crippen molar-refractivity contribution in [3.63, 3.8) is 0 Å². The molecule has 1 amide bonds. The van der Waals surface area contributed by atoms with Crippen molar-refractivity contribution in [2.45, 2.75) is 6.92 Å². The van der Waals surface area contributed by atoms with Gasteiger partial charge in [-0.2, -0.15) is 0 Å². The zero-order valence-electron chi connectivity index (χ0n) is 9.60. The number of carbonyl (C=O) groups excluding carboxylic acids is 1. The first-order chi connectivity index (χ1) is 8.08. The van der Waals surface area contributed by atoms with Crippen LogP contribution in [0.1, 0.15) is 6.92 Å². The number of halogens is 2. The van der Waals surface area contributed by atoms with E-state index in [0.29, 0.717) is 12.6 Å². The fourth-order valence-corrected chi connectivity index (χ4v) is 1.19. The third-order valence-corrected chi connectivity index (χ3v) is 1.96. The molecule has 1 rings (SSSR count). The molecule has 1 heterocycles. The normalized spacial score (nSPS) is 9.88.